The van der Waals surface area contributed by atoms with Gasteiger partial charge in [0.2, 0.25) is 10.0 Å². The van der Waals surface area contributed by atoms with Crippen LogP contribution < -0.4 is 5.73 Å². The van der Waals surface area contributed by atoms with Crippen LogP contribution >= 0.6 is 0 Å². The maximum Gasteiger partial charge on any atom is 0.293 e. The first-order valence-electron chi connectivity index (χ1n) is 5.93. The molecule has 0 spiro atoms. The molecule has 1 aliphatic rings. The number of nitrogens with zero attached hydrogens (tertiary/aromatic N) is 2. The molecule has 0 aromatic heterocycles. The fourth-order valence-electron chi connectivity index (χ4n) is 2.10. The largest absolute Gasteiger partial charge is 0.393 e. The van der Waals surface area contributed by atoms with E-state index in [1.165, 1.54) is 23.5 Å². The lowest BCUT2D eigenvalue weighted by molar-refractivity contribution is -0.384. The smallest absolute Gasteiger partial charge is 0.293 e. The molecule has 2 N–H and O–H groups in total. The van der Waals surface area contributed by atoms with Crippen molar-refractivity contribution in [1.82, 2.24) is 4.31 Å². The van der Waals surface area contributed by atoms with E-state index in [9.17, 15) is 18.5 Å². The van der Waals surface area contributed by atoms with E-state index < -0.39 is 20.6 Å². The van der Waals surface area contributed by atoms with Crippen molar-refractivity contribution < 1.29 is 18.1 Å². The third kappa shape index (κ3) is 2.60. The Balaban J connectivity index is 2.35. The Kier molecular flexibility index (Phi) is 3.93. The van der Waals surface area contributed by atoms with Gasteiger partial charge in [0, 0.05) is 26.3 Å². The SMILES string of the molecule is COC1CCN(S(=O)(=O)c2ccc(N)c([N+](=O)[O-])c2)C1. The number of hydrogen-bond acceptors (Lipinski definition) is 6. The molecule has 0 amide bonds. The number of anilines is 1. The molecule has 0 saturated carbocycles. The average molecular weight is 301 g/mol. The summed E-state index contributed by atoms with van der Waals surface area (Å²) >= 11 is 0. The predicted molar refractivity (Wildman–Crippen MR) is 71.7 cm³/mol. The molecule has 0 bridgehead atoms. The van der Waals surface area contributed by atoms with Gasteiger partial charge in [0.1, 0.15) is 5.69 Å². The first-order chi connectivity index (χ1) is 9.36. The van der Waals surface area contributed by atoms with Crippen LogP contribution in [0.1, 0.15) is 6.42 Å². The van der Waals surface area contributed by atoms with Crippen LogP contribution in [-0.4, -0.2) is 43.9 Å². The van der Waals surface area contributed by atoms with E-state index in [0.29, 0.717) is 13.0 Å². The fraction of sp³-hybridized carbons (Fsp3) is 0.455. The molecule has 0 radical (unpaired) electrons. The minimum atomic E-state index is -3.76. The minimum absolute atomic E-state index is 0.0647. The van der Waals surface area contributed by atoms with Crippen molar-refractivity contribution in [2.45, 2.75) is 17.4 Å². The van der Waals surface area contributed by atoms with Gasteiger partial charge in [-0.1, -0.05) is 0 Å². The lowest BCUT2D eigenvalue weighted by Gasteiger charge is -2.16. The van der Waals surface area contributed by atoms with E-state index in [-0.39, 0.29) is 23.2 Å². The van der Waals surface area contributed by atoms with Gasteiger partial charge in [-0.15, -0.1) is 0 Å². The number of rotatable bonds is 4. The second kappa shape index (κ2) is 5.35. The number of sulfonamides is 1. The predicted octanol–water partition coefficient (Wildman–Crippen LogP) is 0.586. The van der Waals surface area contributed by atoms with Gasteiger partial charge in [0.25, 0.3) is 5.69 Å². The second-order valence-corrected chi connectivity index (χ2v) is 6.43. The molecule has 0 aliphatic carbocycles. The number of ether oxygens (including phenoxy) is 1. The van der Waals surface area contributed by atoms with Crippen LogP contribution in [0, 0.1) is 10.1 Å². The number of nitrogens with two attached hydrogens (primary N) is 1. The van der Waals surface area contributed by atoms with Gasteiger partial charge in [-0.25, -0.2) is 8.42 Å². The summed E-state index contributed by atoms with van der Waals surface area (Å²) in [5.74, 6) is 0. The Hall–Kier alpha value is -1.71. The van der Waals surface area contributed by atoms with Gasteiger partial charge in [-0.3, -0.25) is 10.1 Å². The molecule has 110 valence electrons. The monoisotopic (exact) mass is 301 g/mol. The Bertz CT molecular complexity index is 631. The van der Waals surface area contributed by atoms with Crippen molar-refractivity contribution in [2.24, 2.45) is 0 Å². The Morgan fingerprint density at radius 1 is 1.50 bits per heavy atom. The van der Waals surface area contributed by atoms with Crippen LogP contribution in [0.5, 0.6) is 0 Å². The molecular weight excluding hydrogens is 286 g/mol. The van der Waals surface area contributed by atoms with Crippen LogP contribution in [-0.2, 0) is 14.8 Å². The molecule has 1 fully saturated rings. The highest BCUT2D eigenvalue weighted by atomic mass is 32.2. The van der Waals surface area contributed by atoms with Crippen molar-refractivity contribution >= 4 is 21.4 Å². The molecule has 20 heavy (non-hydrogen) atoms. The van der Waals surface area contributed by atoms with E-state index in [1.54, 1.807) is 0 Å². The summed E-state index contributed by atoms with van der Waals surface area (Å²) in [6.45, 7) is 0.579. The van der Waals surface area contributed by atoms with Crippen LogP contribution in [0.25, 0.3) is 0 Å². The summed E-state index contributed by atoms with van der Waals surface area (Å²) in [6, 6.07) is 3.50. The maximum absolute atomic E-state index is 12.4. The van der Waals surface area contributed by atoms with E-state index in [2.05, 4.69) is 0 Å². The quantitative estimate of drug-likeness (QED) is 0.494. The van der Waals surface area contributed by atoms with Crippen LogP contribution in [0.4, 0.5) is 11.4 Å². The number of nitro benzene ring substituents is 1. The molecule has 1 aromatic carbocycles. The van der Waals surface area contributed by atoms with Crippen molar-refractivity contribution in [3.63, 3.8) is 0 Å². The second-order valence-electron chi connectivity index (χ2n) is 4.49. The number of benzene rings is 1. The van der Waals surface area contributed by atoms with Gasteiger partial charge in [-0.05, 0) is 18.6 Å². The number of nitro groups is 1. The van der Waals surface area contributed by atoms with Crippen molar-refractivity contribution in [1.29, 1.82) is 0 Å². The number of methoxy groups -OCH3 is 1. The summed E-state index contributed by atoms with van der Waals surface area (Å²) in [6.07, 6.45) is 0.459. The molecular formula is C11H15N3O5S. The minimum Gasteiger partial charge on any atom is -0.393 e. The Labute approximate surface area is 116 Å². The van der Waals surface area contributed by atoms with Gasteiger partial charge >= 0.3 is 0 Å². The van der Waals surface area contributed by atoms with E-state index >= 15 is 0 Å². The zero-order valence-corrected chi connectivity index (χ0v) is 11.7. The molecule has 1 aliphatic heterocycles. The molecule has 9 heteroatoms. The first kappa shape index (κ1) is 14.7. The number of hydrogen-bond donors (Lipinski definition) is 1. The fourth-order valence-corrected chi connectivity index (χ4v) is 3.61. The summed E-state index contributed by atoms with van der Waals surface area (Å²) in [5, 5.41) is 10.8. The number of nitrogen functional groups attached to an aromatic ring is 1. The van der Waals surface area contributed by atoms with Crippen LogP contribution in [0.15, 0.2) is 23.1 Å². The van der Waals surface area contributed by atoms with Crippen molar-refractivity contribution in [3.05, 3.63) is 28.3 Å². The Morgan fingerprint density at radius 2 is 2.20 bits per heavy atom. The third-order valence-corrected chi connectivity index (χ3v) is 5.14. The van der Waals surface area contributed by atoms with Crippen LogP contribution in [0.3, 0.4) is 0 Å². The topological polar surface area (TPSA) is 116 Å². The Morgan fingerprint density at radius 3 is 2.75 bits per heavy atom. The van der Waals surface area contributed by atoms with E-state index in [1.807, 2.05) is 0 Å². The molecule has 1 saturated heterocycles. The molecule has 2 rings (SSSR count). The van der Waals surface area contributed by atoms with Crippen molar-refractivity contribution in [2.75, 3.05) is 25.9 Å². The van der Waals surface area contributed by atoms with Gasteiger partial charge in [0.15, 0.2) is 0 Å². The highest BCUT2D eigenvalue weighted by molar-refractivity contribution is 7.89. The van der Waals surface area contributed by atoms with Crippen molar-refractivity contribution in [3.8, 4) is 0 Å². The summed E-state index contributed by atoms with van der Waals surface area (Å²) in [7, 11) is -2.24. The van der Waals surface area contributed by atoms with E-state index in [4.69, 9.17) is 10.5 Å². The maximum atomic E-state index is 12.4. The molecule has 8 nitrogen and oxygen atoms in total. The average Bonchev–Trinajstić information content (AvgIpc) is 2.88. The first-order valence-corrected chi connectivity index (χ1v) is 7.37. The van der Waals surface area contributed by atoms with Gasteiger partial charge in [-0.2, -0.15) is 4.31 Å². The standard InChI is InChI=1S/C11H15N3O5S/c1-19-8-4-5-13(7-8)20(17,18)9-2-3-10(12)11(6-9)14(15)16/h2-3,6,8H,4-5,7,12H2,1H3. The third-order valence-electron chi connectivity index (χ3n) is 3.28. The molecule has 1 atom stereocenters. The summed E-state index contributed by atoms with van der Waals surface area (Å²) in [4.78, 5) is 9.99. The normalized spacial score (nSPS) is 20.1. The lowest BCUT2D eigenvalue weighted by atomic mass is 10.3. The van der Waals surface area contributed by atoms with E-state index in [0.717, 1.165) is 6.07 Å². The highest BCUT2D eigenvalue weighted by Gasteiger charge is 2.33. The molecule has 1 unspecified atom stereocenters. The molecule has 1 aromatic rings. The summed E-state index contributed by atoms with van der Waals surface area (Å²) in [5.41, 5.74) is 4.99. The van der Waals surface area contributed by atoms with Gasteiger partial charge in [0.05, 0.1) is 15.9 Å². The summed E-state index contributed by atoms with van der Waals surface area (Å²) < 4.78 is 31.2. The lowest BCUT2D eigenvalue weighted by Crippen LogP contribution is -2.30. The molecule has 1 heterocycles. The van der Waals surface area contributed by atoms with Crippen LogP contribution in [0.2, 0.25) is 0 Å². The zero-order valence-electron chi connectivity index (χ0n) is 10.9. The highest BCUT2D eigenvalue weighted by Crippen LogP contribution is 2.28. The van der Waals surface area contributed by atoms with Gasteiger partial charge < -0.3 is 10.5 Å². The zero-order chi connectivity index (χ0) is 14.9.